The molecule has 3 aromatic heterocycles. The summed E-state index contributed by atoms with van der Waals surface area (Å²) in [6, 6.07) is 8.07. The van der Waals surface area contributed by atoms with Crippen molar-refractivity contribution in [3.05, 3.63) is 70.8 Å². The molecule has 369 valence electrons. The van der Waals surface area contributed by atoms with Crippen LogP contribution >= 0.6 is 11.3 Å². The molecule has 6 bridgehead atoms. The number of carbonyl (C=O) groups is 5. The van der Waals surface area contributed by atoms with Gasteiger partial charge in [-0.1, -0.05) is 40.3 Å². The van der Waals surface area contributed by atoms with Crippen molar-refractivity contribution in [1.82, 2.24) is 50.3 Å². The number of nitrogens with zero attached hydrogens (tertiary/aromatic N) is 7. The smallest absolute Gasteiger partial charge is 0.323 e. The van der Waals surface area contributed by atoms with Crippen LogP contribution in [0.3, 0.4) is 0 Å². The lowest BCUT2D eigenvalue weighted by atomic mass is 9.84. The average molecular weight is 980 g/mol. The zero-order valence-electron chi connectivity index (χ0n) is 41.2. The first kappa shape index (κ1) is 51.4. The molecule has 0 spiro atoms. The average Bonchev–Trinajstić information content (AvgIpc) is 3.93. The molecular formula is C50H67N10O7SSi. The lowest BCUT2D eigenvalue weighted by Gasteiger charge is -2.42. The second kappa shape index (κ2) is 21.7. The Bertz CT molecular complexity index is 2550. The minimum Gasteiger partial charge on any atom is -0.464 e. The zero-order valence-corrected chi connectivity index (χ0v) is 43.0. The molecule has 2 saturated heterocycles. The molecule has 2 fully saturated rings. The first-order valence-electron chi connectivity index (χ1n) is 23.9. The number of esters is 1. The van der Waals surface area contributed by atoms with Gasteiger partial charge in [0.25, 0.3) is 5.91 Å². The van der Waals surface area contributed by atoms with Gasteiger partial charge in [0, 0.05) is 112 Å². The monoisotopic (exact) mass is 979 g/mol. The van der Waals surface area contributed by atoms with Crippen LogP contribution in [0.1, 0.15) is 76.8 Å². The van der Waals surface area contributed by atoms with E-state index in [0.717, 1.165) is 44.7 Å². The third-order valence-corrected chi connectivity index (χ3v) is 14.9. The van der Waals surface area contributed by atoms with Gasteiger partial charge in [-0.3, -0.25) is 34.1 Å². The minimum atomic E-state index is -1.42. The standard InChI is InChI=1S/C50H67N10O7SSi/c1-10-40(61)51-19-21-57-22-24-58(25-23-57)48(65)56(8)43(31(3)4)45(62)54-37-27-41-53-38(29-68-41)33-15-16-39-35(26-33)36(44(59(39)11-2)34-14-12-18-52-42(34)32(5)66-9)28-49(6,7)30-67-47(64)50(69)17-13-20-60(55-50)46(37)63/h10,12,14-16,18,26,29,31-32,37,43,55H,1,11,13,17,19-25,27-28,30H2,2-9H3,(H,51,61)(H,54,62)/t32-,37-,43-,50-/m0/s1. The van der Waals surface area contributed by atoms with Gasteiger partial charge in [0.1, 0.15) is 17.2 Å². The highest BCUT2D eigenvalue weighted by Gasteiger charge is 2.44. The maximum atomic E-state index is 14.8. The number of rotatable bonds is 12. The number of hydrogen-bond donors (Lipinski definition) is 3. The van der Waals surface area contributed by atoms with Gasteiger partial charge in [-0.15, -0.1) is 11.3 Å². The van der Waals surface area contributed by atoms with E-state index in [1.807, 2.05) is 32.2 Å². The van der Waals surface area contributed by atoms with Crippen molar-refractivity contribution in [3.8, 4) is 22.5 Å². The fraction of sp³-hybridized carbons (Fsp3) is 0.540. The molecule has 5 amide bonds. The number of benzene rings is 1. The van der Waals surface area contributed by atoms with Gasteiger partial charge in [-0.05, 0) is 74.9 Å². The lowest BCUT2D eigenvalue weighted by Crippen LogP contribution is -2.67. The third kappa shape index (κ3) is 11.3. The number of amides is 5. The number of piperazine rings is 1. The summed E-state index contributed by atoms with van der Waals surface area (Å²) in [5, 5.41) is 9.43. The third-order valence-electron chi connectivity index (χ3n) is 13.5. The van der Waals surface area contributed by atoms with E-state index in [9.17, 15) is 24.0 Å². The van der Waals surface area contributed by atoms with Crippen LogP contribution in [0.5, 0.6) is 0 Å². The number of carbonyl (C=O) groups excluding carboxylic acids is 5. The first-order chi connectivity index (χ1) is 32.9. The topological polar surface area (TPSA) is 184 Å². The SMILES string of the molecule is C=CC(=O)NCCN1CCN(C(=O)N(C)[C@H](C(=O)N[C@H]2Cc3nc(cs3)-c3ccc4c(c3)c(c(-c3cccnc3[C@H](C)OC)n4CC)CC(C)(C)COC(=O)[C@@]3([Si])CCCN(N3)C2=O)C(C)C)CC1. The van der Waals surface area contributed by atoms with Gasteiger partial charge in [0.2, 0.25) is 11.8 Å². The van der Waals surface area contributed by atoms with E-state index in [-0.39, 0.29) is 43.5 Å². The quantitative estimate of drug-likeness (QED) is 0.102. The molecule has 3 radical (unpaired) electrons. The van der Waals surface area contributed by atoms with E-state index in [2.05, 4.69) is 87.4 Å². The summed E-state index contributed by atoms with van der Waals surface area (Å²) in [6.07, 6.45) is 4.19. The number of ether oxygens (including phenoxy) is 2. The molecule has 17 nitrogen and oxygen atoms in total. The highest BCUT2D eigenvalue weighted by molar-refractivity contribution is 7.10. The van der Waals surface area contributed by atoms with Crippen LogP contribution in [0.2, 0.25) is 0 Å². The van der Waals surface area contributed by atoms with Gasteiger partial charge in [-0.2, -0.15) is 0 Å². The second-order valence-corrected chi connectivity index (χ2v) is 21.2. The molecule has 0 aliphatic carbocycles. The van der Waals surface area contributed by atoms with Crippen molar-refractivity contribution in [2.45, 2.75) is 97.1 Å². The Hall–Kier alpha value is -5.47. The Morgan fingerprint density at radius 2 is 1.88 bits per heavy atom. The summed E-state index contributed by atoms with van der Waals surface area (Å²) in [4.78, 5) is 84.4. The summed E-state index contributed by atoms with van der Waals surface area (Å²) < 4.78 is 14.3. The van der Waals surface area contributed by atoms with Gasteiger partial charge >= 0.3 is 12.0 Å². The van der Waals surface area contributed by atoms with Crippen molar-refractivity contribution in [1.29, 1.82) is 0 Å². The number of pyridine rings is 1. The molecule has 19 heteroatoms. The maximum Gasteiger partial charge on any atom is 0.323 e. The first-order valence-corrected chi connectivity index (χ1v) is 25.3. The highest BCUT2D eigenvalue weighted by Crippen LogP contribution is 2.42. The van der Waals surface area contributed by atoms with E-state index < -0.39 is 40.4 Å². The molecule has 6 heterocycles. The highest BCUT2D eigenvalue weighted by atomic mass is 32.1. The van der Waals surface area contributed by atoms with Crippen molar-refractivity contribution in [2.75, 3.05) is 66.6 Å². The largest absolute Gasteiger partial charge is 0.464 e. The Kier molecular flexibility index (Phi) is 16.1. The summed E-state index contributed by atoms with van der Waals surface area (Å²) >= 11 is 1.40. The predicted octanol–water partition coefficient (Wildman–Crippen LogP) is 4.69. The lowest BCUT2D eigenvalue weighted by molar-refractivity contribution is -0.158. The minimum absolute atomic E-state index is 0.0593. The van der Waals surface area contributed by atoms with Crippen LogP contribution in [-0.4, -0.2) is 158 Å². The summed E-state index contributed by atoms with van der Waals surface area (Å²) in [6.45, 7) is 19.8. The number of fused-ring (bicyclic) bond motifs is 6. The van der Waals surface area contributed by atoms with E-state index in [1.165, 1.54) is 27.3 Å². The van der Waals surface area contributed by atoms with E-state index in [0.29, 0.717) is 70.1 Å². The van der Waals surface area contributed by atoms with Crippen molar-refractivity contribution < 1.29 is 33.4 Å². The van der Waals surface area contributed by atoms with Gasteiger partial charge < -0.3 is 34.5 Å². The molecule has 3 aliphatic rings. The molecule has 1 aromatic carbocycles. The van der Waals surface area contributed by atoms with Crippen LogP contribution in [-0.2, 0) is 48.0 Å². The number of urea groups is 1. The van der Waals surface area contributed by atoms with Gasteiger partial charge in [0.15, 0.2) is 0 Å². The number of aromatic nitrogens is 3. The van der Waals surface area contributed by atoms with E-state index in [1.54, 1.807) is 25.3 Å². The number of methoxy groups -OCH3 is 1. The number of hydrazine groups is 1. The van der Waals surface area contributed by atoms with Crippen molar-refractivity contribution >= 4 is 62.2 Å². The molecule has 4 aromatic rings. The summed E-state index contributed by atoms with van der Waals surface area (Å²) in [7, 11) is 7.03. The number of likely N-dealkylation sites (N-methyl/N-ethyl adjacent to an activating group) is 1. The maximum absolute atomic E-state index is 14.8. The van der Waals surface area contributed by atoms with Crippen LogP contribution in [0.15, 0.2) is 54.6 Å². The molecule has 3 N–H and O–H groups in total. The summed E-state index contributed by atoms with van der Waals surface area (Å²) in [5.41, 5.74) is 9.16. The van der Waals surface area contributed by atoms with Crippen LogP contribution in [0, 0.1) is 11.3 Å². The fourth-order valence-corrected chi connectivity index (χ4v) is 11.0. The van der Waals surface area contributed by atoms with Crippen molar-refractivity contribution in [3.63, 3.8) is 0 Å². The number of nitrogens with one attached hydrogen (secondary N) is 3. The van der Waals surface area contributed by atoms with Crippen LogP contribution < -0.4 is 16.1 Å². The molecule has 0 saturated carbocycles. The Morgan fingerprint density at radius 1 is 1.13 bits per heavy atom. The van der Waals surface area contributed by atoms with Gasteiger partial charge in [0.05, 0.1) is 45.0 Å². The Balaban J connectivity index is 1.22. The Labute approximate surface area is 412 Å². The van der Waals surface area contributed by atoms with Crippen LogP contribution in [0.25, 0.3) is 33.4 Å². The number of hydrogen-bond acceptors (Lipinski definition) is 12. The number of cyclic esters (lactones) is 1. The normalized spacial score (nSPS) is 21.0. The van der Waals surface area contributed by atoms with Gasteiger partial charge in [-0.25, -0.2) is 15.2 Å². The fourth-order valence-electron chi connectivity index (χ4n) is 9.72. The molecular weight excluding hydrogens is 913 g/mol. The van der Waals surface area contributed by atoms with E-state index in [4.69, 9.17) is 19.4 Å². The van der Waals surface area contributed by atoms with Crippen LogP contribution in [0.4, 0.5) is 4.79 Å². The van der Waals surface area contributed by atoms with E-state index >= 15 is 0 Å². The number of thiazole rings is 1. The zero-order chi connectivity index (χ0) is 49.8. The molecule has 4 atom stereocenters. The summed E-state index contributed by atoms with van der Waals surface area (Å²) in [5.74, 6) is -2.04. The molecule has 69 heavy (non-hydrogen) atoms. The number of aryl methyl sites for hydroxylation is 1. The predicted molar refractivity (Wildman–Crippen MR) is 267 cm³/mol. The molecule has 0 unspecified atom stereocenters. The second-order valence-electron chi connectivity index (χ2n) is 19.4. The van der Waals surface area contributed by atoms with Crippen molar-refractivity contribution in [2.24, 2.45) is 11.3 Å². The Morgan fingerprint density at radius 3 is 2.58 bits per heavy atom. The molecule has 3 aliphatic heterocycles. The molecule has 7 rings (SSSR count).